The lowest BCUT2D eigenvalue weighted by atomic mass is 10.1. The Bertz CT molecular complexity index is 686. The first-order valence-electron chi connectivity index (χ1n) is 8.32. The topological polar surface area (TPSA) is 36.7 Å². The maximum absolute atomic E-state index is 12.8. The maximum atomic E-state index is 12.8. The van der Waals surface area contributed by atoms with E-state index in [0.717, 1.165) is 24.6 Å². The molecule has 5 heteroatoms. The van der Waals surface area contributed by atoms with E-state index < -0.39 is 0 Å². The highest BCUT2D eigenvalue weighted by molar-refractivity contribution is 7.98. The summed E-state index contributed by atoms with van der Waals surface area (Å²) in [6.07, 6.45) is 0. The van der Waals surface area contributed by atoms with Gasteiger partial charge in [-0.15, -0.1) is 11.8 Å². The van der Waals surface area contributed by atoms with Gasteiger partial charge in [0.1, 0.15) is 5.76 Å². The summed E-state index contributed by atoms with van der Waals surface area (Å²) in [5.41, 5.74) is 0. The second-order valence-corrected chi connectivity index (χ2v) is 7.51. The predicted molar refractivity (Wildman–Crippen MR) is 97.3 cm³/mol. The molecule has 1 saturated heterocycles. The van der Waals surface area contributed by atoms with Gasteiger partial charge in [-0.3, -0.25) is 9.69 Å². The number of benzene rings is 1. The molecule has 1 aromatic heterocycles. The summed E-state index contributed by atoms with van der Waals surface area (Å²) in [4.78, 5) is 18.2. The van der Waals surface area contributed by atoms with Crippen molar-refractivity contribution in [3.63, 3.8) is 0 Å². The monoisotopic (exact) mass is 344 g/mol. The highest BCUT2D eigenvalue weighted by atomic mass is 32.2. The number of hydrogen-bond acceptors (Lipinski definition) is 4. The lowest BCUT2D eigenvalue weighted by Gasteiger charge is -2.42. The van der Waals surface area contributed by atoms with E-state index in [1.165, 1.54) is 4.90 Å². The molecule has 4 nitrogen and oxygen atoms in total. The van der Waals surface area contributed by atoms with E-state index in [1.54, 1.807) is 17.8 Å². The highest BCUT2D eigenvalue weighted by Gasteiger charge is 2.31. The van der Waals surface area contributed by atoms with Crippen molar-refractivity contribution in [1.82, 2.24) is 9.80 Å². The molecule has 1 amide bonds. The summed E-state index contributed by atoms with van der Waals surface area (Å²) < 4.78 is 5.81. The molecule has 1 aromatic carbocycles. The van der Waals surface area contributed by atoms with E-state index in [1.807, 2.05) is 29.2 Å². The SMILES string of the molecule is C[C@@H]1CN(C(=O)c2ccc(CSc3ccccc3)o2)[C@H](C)CN1C. The number of carbonyl (C=O) groups is 1. The minimum Gasteiger partial charge on any atom is -0.455 e. The highest BCUT2D eigenvalue weighted by Crippen LogP contribution is 2.24. The number of amides is 1. The van der Waals surface area contributed by atoms with E-state index in [-0.39, 0.29) is 11.9 Å². The molecule has 0 radical (unpaired) electrons. The average molecular weight is 344 g/mol. The number of rotatable bonds is 4. The van der Waals surface area contributed by atoms with Crippen LogP contribution in [0.25, 0.3) is 0 Å². The van der Waals surface area contributed by atoms with Crippen molar-refractivity contribution in [2.75, 3.05) is 20.1 Å². The number of nitrogens with zero attached hydrogens (tertiary/aromatic N) is 2. The minimum absolute atomic E-state index is 0.00147. The molecule has 2 heterocycles. The van der Waals surface area contributed by atoms with Crippen LogP contribution in [-0.2, 0) is 5.75 Å². The van der Waals surface area contributed by atoms with Gasteiger partial charge in [0.25, 0.3) is 5.91 Å². The summed E-state index contributed by atoms with van der Waals surface area (Å²) in [5.74, 6) is 2.01. The van der Waals surface area contributed by atoms with Gasteiger partial charge in [0.05, 0.1) is 5.75 Å². The lowest BCUT2D eigenvalue weighted by Crippen LogP contribution is -2.56. The molecule has 1 aliphatic heterocycles. The van der Waals surface area contributed by atoms with Crippen LogP contribution in [-0.4, -0.2) is 47.9 Å². The van der Waals surface area contributed by atoms with Gasteiger partial charge in [0, 0.05) is 30.1 Å². The predicted octanol–water partition coefficient (Wildman–Crippen LogP) is 3.74. The number of hydrogen-bond donors (Lipinski definition) is 0. The molecule has 1 aliphatic rings. The average Bonchev–Trinajstić information content (AvgIpc) is 3.06. The molecule has 2 aromatic rings. The minimum atomic E-state index is -0.00147. The molecular weight excluding hydrogens is 320 g/mol. The first kappa shape index (κ1) is 17.1. The van der Waals surface area contributed by atoms with Crippen LogP contribution in [0.4, 0.5) is 0 Å². The fourth-order valence-electron chi connectivity index (χ4n) is 2.97. The standard InChI is InChI=1S/C19H24N2O2S/c1-14-12-21(15(2)11-20(14)3)19(22)18-10-9-16(23-18)13-24-17-7-5-4-6-8-17/h4-10,14-15H,11-13H2,1-3H3/t14-,15-/m1/s1. The molecule has 2 atom stereocenters. The first-order chi connectivity index (χ1) is 11.5. The summed E-state index contributed by atoms with van der Waals surface area (Å²) in [5, 5.41) is 0. The summed E-state index contributed by atoms with van der Waals surface area (Å²) >= 11 is 1.71. The smallest absolute Gasteiger partial charge is 0.289 e. The molecule has 0 saturated carbocycles. The Morgan fingerprint density at radius 1 is 1.12 bits per heavy atom. The molecular formula is C19H24N2O2S. The van der Waals surface area contributed by atoms with Gasteiger partial charge in [-0.1, -0.05) is 18.2 Å². The number of carbonyl (C=O) groups excluding carboxylic acids is 1. The normalized spacial score (nSPS) is 21.9. The van der Waals surface area contributed by atoms with E-state index in [9.17, 15) is 4.79 Å². The van der Waals surface area contributed by atoms with Gasteiger partial charge in [-0.05, 0) is 45.2 Å². The summed E-state index contributed by atoms with van der Waals surface area (Å²) in [6, 6.07) is 14.5. The van der Waals surface area contributed by atoms with Crippen LogP contribution in [0.15, 0.2) is 51.8 Å². The van der Waals surface area contributed by atoms with Crippen LogP contribution >= 0.6 is 11.8 Å². The van der Waals surface area contributed by atoms with Crippen molar-refractivity contribution in [2.24, 2.45) is 0 Å². The van der Waals surface area contributed by atoms with Crippen LogP contribution in [0.5, 0.6) is 0 Å². The Morgan fingerprint density at radius 2 is 1.88 bits per heavy atom. The molecule has 0 spiro atoms. The van der Waals surface area contributed by atoms with Gasteiger partial charge in [0.15, 0.2) is 5.76 Å². The van der Waals surface area contributed by atoms with Gasteiger partial charge >= 0.3 is 0 Å². The van der Waals surface area contributed by atoms with E-state index in [0.29, 0.717) is 11.8 Å². The second-order valence-electron chi connectivity index (χ2n) is 6.46. The number of thioether (sulfide) groups is 1. The lowest BCUT2D eigenvalue weighted by molar-refractivity contribution is 0.0369. The van der Waals surface area contributed by atoms with Gasteiger partial charge < -0.3 is 9.32 Å². The Hall–Kier alpha value is -1.72. The summed E-state index contributed by atoms with van der Waals surface area (Å²) in [6.45, 7) is 5.88. The molecule has 0 N–H and O–H groups in total. The molecule has 24 heavy (non-hydrogen) atoms. The van der Waals surface area contributed by atoms with E-state index in [4.69, 9.17) is 4.42 Å². The van der Waals surface area contributed by atoms with Crippen LogP contribution in [0.2, 0.25) is 0 Å². The third-order valence-electron chi connectivity index (χ3n) is 4.56. The van der Waals surface area contributed by atoms with Crippen LogP contribution in [0.3, 0.4) is 0 Å². The number of furan rings is 1. The van der Waals surface area contributed by atoms with Crippen LogP contribution in [0.1, 0.15) is 30.2 Å². The molecule has 0 bridgehead atoms. The number of likely N-dealkylation sites (N-methyl/N-ethyl adjacent to an activating group) is 1. The maximum Gasteiger partial charge on any atom is 0.289 e. The molecule has 128 valence electrons. The van der Waals surface area contributed by atoms with Crippen molar-refractivity contribution in [3.05, 3.63) is 54.0 Å². The first-order valence-corrected chi connectivity index (χ1v) is 9.31. The zero-order valence-corrected chi connectivity index (χ0v) is 15.3. The number of piperazine rings is 1. The van der Waals surface area contributed by atoms with Crippen molar-refractivity contribution >= 4 is 17.7 Å². The summed E-state index contributed by atoms with van der Waals surface area (Å²) in [7, 11) is 2.11. The Balaban J connectivity index is 1.63. The third kappa shape index (κ3) is 3.84. The second kappa shape index (κ2) is 7.45. The zero-order chi connectivity index (χ0) is 17.1. The Kier molecular flexibility index (Phi) is 5.31. The molecule has 3 rings (SSSR count). The van der Waals surface area contributed by atoms with Crippen molar-refractivity contribution < 1.29 is 9.21 Å². The van der Waals surface area contributed by atoms with Gasteiger partial charge in [0.2, 0.25) is 0 Å². The van der Waals surface area contributed by atoms with Crippen molar-refractivity contribution in [1.29, 1.82) is 0 Å². The largest absolute Gasteiger partial charge is 0.455 e. The molecule has 0 unspecified atom stereocenters. The van der Waals surface area contributed by atoms with E-state index in [2.05, 4.69) is 37.9 Å². The fourth-order valence-corrected chi connectivity index (χ4v) is 3.78. The Morgan fingerprint density at radius 3 is 2.62 bits per heavy atom. The van der Waals surface area contributed by atoms with Crippen LogP contribution < -0.4 is 0 Å². The quantitative estimate of drug-likeness (QED) is 0.792. The van der Waals surface area contributed by atoms with Crippen molar-refractivity contribution in [2.45, 2.75) is 36.6 Å². The third-order valence-corrected chi connectivity index (χ3v) is 5.59. The van der Waals surface area contributed by atoms with Gasteiger partial charge in [-0.25, -0.2) is 0 Å². The van der Waals surface area contributed by atoms with Crippen molar-refractivity contribution in [3.8, 4) is 0 Å². The molecule has 0 aliphatic carbocycles. The fraction of sp³-hybridized carbons (Fsp3) is 0.421. The van der Waals surface area contributed by atoms with Crippen LogP contribution in [0, 0.1) is 0 Å². The van der Waals surface area contributed by atoms with E-state index >= 15 is 0 Å². The van der Waals surface area contributed by atoms with Gasteiger partial charge in [-0.2, -0.15) is 0 Å². The Labute approximate surface area is 147 Å². The zero-order valence-electron chi connectivity index (χ0n) is 14.4. The molecule has 1 fully saturated rings.